The lowest BCUT2D eigenvalue weighted by molar-refractivity contribution is 0.482. The lowest BCUT2D eigenvalue weighted by Crippen LogP contribution is -2.33. The van der Waals surface area contributed by atoms with Gasteiger partial charge in [-0.05, 0) is 43.9 Å². The van der Waals surface area contributed by atoms with Crippen molar-refractivity contribution in [3.8, 4) is 0 Å². The summed E-state index contributed by atoms with van der Waals surface area (Å²) in [5.74, 6) is 0.426. The van der Waals surface area contributed by atoms with Crippen LogP contribution >= 0.6 is 11.6 Å². The van der Waals surface area contributed by atoms with E-state index in [1.54, 1.807) is 6.92 Å². The van der Waals surface area contributed by atoms with E-state index in [0.29, 0.717) is 16.5 Å². The zero-order valence-corrected chi connectivity index (χ0v) is 13.3. The van der Waals surface area contributed by atoms with Crippen LogP contribution < -0.4 is 10.5 Å². The van der Waals surface area contributed by atoms with Crippen molar-refractivity contribution in [2.45, 2.75) is 45.1 Å². The van der Waals surface area contributed by atoms with Crippen molar-refractivity contribution < 1.29 is 8.42 Å². The molecule has 108 valence electrons. The third-order valence-corrected chi connectivity index (χ3v) is 4.83. The van der Waals surface area contributed by atoms with Gasteiger partial charge in [0.15, 0.2) is 0 Å². The molecule has 1 atom stereocenters. The molecule has 0 saturated carbocycles. The second-order valence-corrected chi connectivity index (χ2v) is 7.39. The molecule has 0 spiro atoms. The van der Waals surface area contributed by atoms with Crippen LogP contribution in [0.4, 0.5) is 5.69 Å². The molecular weight excluding hydrogens is 284 g/mol. The van der Waals surface area contributed by atoms with Gasteiger partial charge in [-0.1, -0.05) is 25.4 Å². The number of rotatable bonds is 5. The average Bonchev–Trinajstić information content (AvgIpc) is 2.22. The van der Waals surface area contributed by atoms with Crippen LogP contribution in [0.15, 0.2) is 17.0 Å². The van der Waals surface area contributed by atoms with Crippen LogP contribution in [0.1, 0.15) is 32.8 Å². The Morgan fingerprint density at radius 1 is 1.32 bits per heavy atom. The van der Waals surface area contributed by atoms with Crippen molar-refractivity contribution in [3.05, 3.63) is 22.7 Å². The van der Waals surface area contributed by atoms with Crippen molar-refractivity contribution in [1.29, 1.82) is 0 Å². The summed E-state index contributed by atoms with van der Waals surface area (Å²) >= 11 is 5.93. The van der Waals surface area contributed by atoms with E-state index in [4.69, 9.17) is 17.3 Å². The minimum absolute atomic E-state index is 0.123. The standard InChI is InChI=1S/C13H21ClN2O2S/c1-8(2)5-10(4)16-19(17,18)11-6-9(3)13(14)12(15)7-11/h6-8,10,16H,5,15H2,1-4H3. The molecule has 0 amide bonds. The highest BCUT2D eigenvalue weighted by molar-refractivity contribution is 7.89. The summed E-state index contributed by atoms with van der Waals surface area (Å²) in [6, 6.07) is 2.80. The quantitative estimate of drug-likeness (QED) is 0.822. The maximum absolute atomic E-state index is 12.2. The number of nitrogens with one attached hydrogen (secondary N) is 1. The lowest BCUT2D eigenvalue weighted by Gasteiger charge is -2.17. The molecule has 1 unspecified atom stereocenters. The fraction of sp³-hybridized carbons (Fsp3) is 0.538. The van der Waals surface area contributed by atoms with Crippen LogP contribution in [0.3, 0.4) is 0 Å². The minimum Gasteiger partial charge on any atom is -0.397 e. The first-order chi connectivity index (χ1) is 8.63. The maximum atomic E-state index is 12.2. The number of halogens is 1. The lowest BCUT2D eigenvalue weighted by atomic mass is 10.1. The first-order valence-electron chi connectivity index (χ1n) is 6.21. The second kappa shape index (κ2) is 6.11. The van der Waals surface area contributed by atoms with Gasteiger partial charge in [-0.15, -0.1) is 0 Å². The zero-order valence-electron chi connectivity index (χ0n) is 11.7. The minimum atomic E-state index is -3.56. The van der Waals surface area contributed by atoms with Gasteiger partial charge < -0.3 is 5.73 Å². The third kappa shape index (κ3) is 4.37. The Hall–Kier alpha value is -0.780. The number of nitrogen functional groups attached to an aromatic ring is 1. The second-order valence-electron chi connectivity index (χ2n) is 5.30. The topological polar surface area (TPSA) is 72.2 Å². The van der Waals surface area contributed by atoms with E-state index in [0.717, 1.165) is 6.42 Å². The summed E-state index contributed by atoms with van der Waals surface area (Å²) in [4.78, 5) is 0.155. The zero-order chi connectivity index (χ0) is 14.8. The molecular formula is C13H21ClN2O2S. The highest BCUT2D eigenvalue weighted by atomic mass is 35.5. The van der Waals surface area contributed by atoms with E-state index >= 15 is 0 Å². The Morgan fingerprint density at radius 2 is 1.89 bits per heavy atom. The number of nitrogens with two attached hydrogens (primary N) is 1. The smallest absolute Gasteiger partial charge is 0.240 e. The van der Waals surface area contributed by atoms with Gasteiger partial charge in [0, 0.05) is 6.04 Å². The van der Waals surface area contributed by atoms with E-state index < -0.39 is 10.0 Å². The molecule has 0 aromatic heterocycles. The SMILES string of the molecule is Cc1cc(S(=O)(=O)NC(C)CC(C)C)cc(N)c1Cl. The molecule has 6 heteroatoms. The van der Waals surface area contributed by atoms with Gasteiger partial charge in [0.05, 0.1) is 15.6 Å². The summed E-state index contributed by atoms with van der Waals surface area (Å²) in [5.41, 5.74) is 6.63. The first-order valence-corrected chi connectivity index (χ1v) is 8.07. The highest BCUT2D eigenvalue weighted by Crippen LogP contribution is 2.27. The Bertz CT molecular complexity index is 533. The molecule has 4 nitrogen and oxygen atoms in total. The molecule has 0 aliphatic carbocycles. The summed E-state index contributed by atoms with van der Waals surface area (Å²) in [5, 5.41) is 0.397. The third-order valence-electron chi connectivity index (χ3n) is 2.75. The molecule has 0 aliphatic rings. The fourth-order valence-corrected chi connectivity index (χ4v) is 3.49. The maximum Gasteiger partial charge on any atom is 0.240 e. The van der Waals surface area contributed by atoms with Crippen molar-refractivity contribution >= 4 is 27.3 Å². The molecule has 0 saturated heterocycles. The molecule has 1 rings (SSSR count). The van der Waals surface area contributed by atoms with Crippen LogP contribution in [0.25, 0.3) is 0 Å². The largest absolute Gasteiger partial charge is 0.397 e. The van der Waals surface area contributed by atoms with Gasteiger partial charge in [0.2, 0.25) is 10.0 Å². The van der Waals surface area contributed by atoms with Crippen LogP contribution in [0, 0.1) is 12.8 Å². The van der Waals surface area contributed by atoms with E-state index in [1.807, 2.05) is 6.92 Å². The number of benzene rings is 1. The summed E-state index contributed by atoms with van der Waals surface area (Å²) in [6.07, 6.45) is 0.779. The molecule has 0 radical (unpaired) electrons. The van der Waals surface area contributed by atoms with E-state index in [-0.39, 0.29) is 16.6 Å². The van der Waals surface area contributed by atoms with Gasteiger partial charge >= 0.3 is 0 Å². The van der Waals surface area contributed by atoms with Gasteiger partial charge in [-0.3, -0.25) is 0 Å². The number of anilines is 1. The van der Waals surface area contributed by atoms with E-state index in [9.17, 15) is 8.42 Å². The summed E-state index contributed by atoms with van der Waals surface area (Å²) in [6.45, 7) is 7.68. The number of sulfonamides is 1. The van der Waals surface area contributed by atoms with Gasteiger partial charge in [-0.2, -0.15) is 0 Å². The number of aryl methyl sites for hydroxylation is 1. The Kier molecular flexibility index (Phi) is 5.24. The molecule has 0 bridgehead atoms. The monoisotopic (exact) mass is 304 g/mol. The fourth-order valence-electron chi connectivity index (χ4n) is 2.01. The molecule has 0 aliphatic heterocycles. The molecule has 1 aromatic carbocycles. The first kappa shape index (κ1) is 16.3. The number of hydrogen-bond donors (Lipinski definition) is 2. The molecule has 0 fully saturated rings. The van der Waals surface area contributed by atoms with Gasteiger partial charge in [-0.25, -0.2) is 13.1 Å². The van der Waals surface area contributed by atoms with Gasteiger partial charge in [0.1, 0.15) is 0 Å². The summed E-state index contributed by atoms with van der Waals surface area (Å²) < 4.78 is 27.1. The summed E-state index contributed by atoms with van der Waals surface area (Å²) in [7, 11) is -3.56. The van der Waals surface area contributed by atoms with Crippen LogP contribution in [0.5, 0.6) is 0 Å². The molecule has 1 aromatic rings. The Morgan fingerprint density at radius 3 is 2.37 bits per heavy atom. The highest BCUT2D eigenvalue weighted by Gasteiger charge is 2.19. The van der Waals surface area contributed by atoms with Crippen LogP contribution in [-0.2, 0) is 10.0 Å². The predicted octanol–water partition coefficient (Wildman–Crippen LogP) is 2.94. The van der Waals surface area contributed by atoms with Crippen molar-refractivity contribution in [2.24, 2.45) is 5.92 Å². The molecule has 3 N–H and O–H groups in total. The van der Waals surface area contributed by atoms with Gasteiger partial charge in [0.25, 0.3) is 0 Å². The van der Waals surface area contributed by atoms with Crippen molar-refractivity contribution in [1.82, 2.24) is 4.72 Å². The van der Waals surface area contributed by atoms with E-state index in [2.05, 4.69) is 18.6 Å². The van der Waals surface area contributed by atoms with Crippen molar-refractivity contribution in [2.75, 3.05) is 5.73 Å². The normalized spacial score (nSPS) is 13.8. The predicted molar refractivity (Wildman–Crippen MR) is 79.8 cm³/mol. The Balaban J connectivity index is 3.01. The van der Waals surface area contributed by atoms with Crippen LogP contribution in [0.2, 0.25) is 5.02 Å². The van der Waals surface area contributed by atoms with E-state index in [1.165, 1.54) is 12.1 Å². The Labute approximate surface area is 120 Å². The van der Waals surface area contributed by atoms with Crippen LogP contribution in [-0.4, -0.2) is 14.5 Å². The average molecular weight is 305 g/mol. The molecule has 0 heterocycles. The molecule has 19 heavy (non-hydrogen) atoms. The number of hydrogen-bond acceptors (Lipinski definition) is 3. The van der Waals surface area contributed by atoms with Crippen molar-refractivity contribution in [3.63, 3.8) is 0 Å².